The first-order valence-electron chi connectivity index (χ1n) is 23.6. The Balaban J connectivity index is 0.000000162. The van der Waals surface area contributed by atoms with E-state index in [2.05, 4.69) is 84.8 Å². The van der Waals surface area contributed by atoms with Crippen LogP contribution in [0, 0.1) is 10.8 Å². The second-order valence-corrected chi connectivity index (χ2v) is 20.5. The number of carbonyl (C=O) groups is 5. The maximum atomic E-state index is 13.3. The standard InChI is InChI=1S/C26H30N2O4.C24H28N2O3.C4H6O3/c1-16(29)27-14-25(2,3)23-12-18-10-17(4-6-20(18)28-23)11-24(30)26(8-9-26)19-5-7-21-22(13-19)32-15-31-21;1-23(2,13-25)21-11-16-9-15(3-5-18(16)26-21)10-22(27)24(7-8-24)17-4-6-19-20(12-17)29-14-28-19;1-3(5)7-4(2)6/h4-7,10,13,23,28H,8-9,11-12,14-15H2,1-3H3,(H,27,29);3-6,9,12,21,26H,7-8,10-11,13-14,25H2,1-2H3;1-2H3. The third kappa shape index (κ3) is 10.3. The summed E-state index contributed by atoms with van der Waals surface area (Å²) < 4.78 is 25.8. The lowest BCUT2D eigenvalue weighted by molar-refractivity contribution is -0.156. The fourth-order valence-corrected chi connectivity index (χ4v) is 9.62. The molecule has 10 rings (SSSR count). The number of nitrogens with one attached hydrogen (secondary N) is 3. The summed E-state index contributed by atoms with van der Waals surface area (Å²) >= 11 is 0. The molecule has 4 heterocycles. The molecule has 2 unspecified atom stereocenters. The van der Waals surface area contributed by atoms with E-state index >= 15 is 0 Å². The monoisotopic (exact) mass is 928 g/mol. The van der Waals surface area contributed by atoms with Crippen LogP contribution < -0.4 is 40.6 Å². The van der Waals surface area contributed by atoms with Crippen molar-refractivity contribution in [2.75, 3.05) is 37.3 Å². The normalized spacial score (nSPS) is 19.0. The van der Waals surface area contributed by atoms with Gasteiger partial charge in [0.05, 0.1) is 10.8 Å². The molecule has 0 radical (unpaired) electrons. The van der Waals surface area contributed by atoms with Gasteiger partial charge in [-0.05, 0) is 120 Å². The molecule has 0 bridgehead atoms. The van der Waals surface area contributed by atoms with Gasteiger partial charge in [-0.25, -0.2) is 0 Å². The third-order valence-corrected chi connectivity index (χ3v) is 14.5. The van der Waals surface area contributed by atoms with E-state index in [4.69, 9.17) is 24.7 Å². The van der Waals surface area contributed by atoms with Crippen LogP contribution in [0.25, 0.3) is 0 Å². The minimum atomic E-state index is -0.562. The third-order valence-electron chi connectivity index (χ3n) is 14.5. The summed E-state index contributed by atoms with van der Waals surface area (Å²) in [5.74, 6) is 2.42. The van der Waals surface area contributed by atoms with Crippen molar-refractivity contribution in [1.29, 1.82) is 0 Å². The molecule has 5 N–H and O–H groups in total. The van der Waals surface area contributed by atoms with E-state index < -0.39 is 11.9 Å². The number of nitrogens with two attached hydrogens (primary N) is 1. The molecule has 14 nitrogen and oxygen atoms in total. The summed E-state index contributed by atoms with van der Waals surface area (Å²) in [5.41, 5.74) is 14.2. The molecule has 4 aliphatic heterocycles. The summed E-state index contributed by atoms with van der Waals surface area (Å²) in [6.45, 7) is 14.4. The number of carbonyl (C=O) groups excluding carboxylic acids is 5. The molecule has 2 fully saturated rings. The zero-order chi connectivity index (χ0) is 48.6. The first-order chi connectivity index (χ1) is 32.3. The largest absolute Gasteiger partial charge is 0.454 e. The Morgan fingerprint density at radius 1 is 0.618 bits per heavy atom. The summed E-state index contributed by atoms with van der Waals surface area (Å²) in [7, 11) is 0. The van der Waals surface area contributed by atoms with E-state index in [1.807, 2.05) is 36.4 Å². The Kier molecular flexibility index (Phi) is 13.4. The zero-order valence-electron chi connectivity index (χ0n) is 40.2. The average Bonchev–Trinajstić information content (AvgIpc) is 3.99. The molecular weight excluding hydrogens is 865 g/mol. The number of benzene rings is 4. The van der Waals surface area contributed by atoms with Crippen molar-refractivity contribution in [3.05, 3.63) is 106 Å². The number of anilines is 2. The van der Waals surface area contributed by atoms with Gasteiger partial charge in [0.15, 0.2) is 23.0 Å². The van der Waals surface area contributed by atoms with E-state index in [-0.39, 0.29) is 53.0 Å². The van der Waals surface area contributed by atoms with Crippen molar-refractivity contribution >= 4 is 40.8 Å². The topological polar surface area (TPSA) is 194 Å². The van der Waals surface area contributed by atoms with Gasteiger partial charge in [0, 0.05) is 69.0 Å². The van der Waals surface area contributed by atoms with E-state index in [1.54, 1.807) is 6.92 Å². The van der Waals surface area contributed by atoms with Crippen molar-refractivity contribution in [3.8, 4) is 23.0 Å². The maximum absolute atomic E-state index is 13.3. The second kappa shape index (κ2) is 18.9. The number of ketones is 2. The molecule has 0 saturated heterocycles. The van der Waals surface area contributed by atoms with Crippen molar-refractivity contribution in [2.45, 2.75) is 123 Å². The van der Waals surface area contributed by atoms with Crippen LogP contribution in [-0.2, 0) is 65.2 Å². The minimum absolute atomic E-state index is 0.00847. The van der Waals surface area contributed by atoms with E-state index in [0.29, 0.717) is 37.8 Å². The van der Waals surface area contributed by atoms with Crippen LogP contribution in [0.1, 0.15) is 108 Å². The predicted octanol–water partition coefficient (Wildman–Crippen LogP) is 7.43. The molecule has 2 atom stereocenters. The molecule has 360 valence electrons. The van der Waals surface area contributed by atoms with E-state index in [0.717, 1.165) is 89.5 Å². The summed E-state index contributed by atoms with van der Waals surface area (Å²) in [5, 5.41) is 10.2. The Morgan fingerprint density at radius 2 is 1.04 bits per heavy atom. The lowest BCUT2D eigenvalue weighted by atomic mass is 9.82. The zero-order valence-corrected chi connectivity index (χ0v) is 40.2. The van der Waals surface area contributed by atoms with Crippen LogP contribution in [0.5, 0.6) is 23.0 Å². The molecule has 68 heavy (non-hydrogen) atoms. The van der Waals surface area contributed by atoms with Crippen molar-refractivity contribution in [1.82, 2.24) is 5.32 Å². The number of amides is 1. The highest BCUT2D eigenvalue weighted by Crippen LogP contribution is 2.53. The van der Waals surface area contributed by atoms with Crippen LogP contribution in [0.4, 0.5) is 11.4 Å². The van der Waals surface area contributed by atoms with Gasteiger partial charge >= 0.3 is 11.9 Å². The molecule has 6 aliphatic rings. The molecule has 4 aromatic carbocycles. The van der Waals surface area contributed by atoms with Gasteiger partial charge in [-0.3, -0.25) is 24.0 Å². The lowest BCUT2D eigenvalue weighted by Crippen LogP contribution is -2.43. The quantitative estimate of drug-likeness (QED) is 0.0765. The number of ether oxygens (including phenoxy) is 5. The van der Waals surface area contributed by atoms with Crippen LogP contribution in [0.2, 0.25) is 0 Å². The number of hydrogen-bond acceptors (Lipinski definition) is 13. The SMILES string of the molecule is CC(=O)NCC(C)(C)C1Cc2cc(CC(=O)C3(c4ccc5c(c4)OCO5)CC3)ccc2N1.CC(=O)OC(C)=O.CC(C)(CN)C1Cc2cc(CC(=O)C3(c4ccc5c(c4)OCO5)CC3)ccc2N1. The van der Waals surface area contributed by atoms with Crippen LogP contribution in [0.3, 0.4) is 0 Å². The molecule has 14 heteroatoms. The fourth-order valence-electron chi connectivity index (χ4n) is 9.62. The average molecular weight is 929 g/mol. The van der Waals surface area contributed by atoms with Gasteiger partial charge < -0.3 is 45.4 Å². The predicted molar refractivity (Wildman–Crippen MR) is 257 cm³/mol. The van der Waals surface area contributed by atoms with Crippen LogP contribution >= 0.6 is 0 Å². The molecule has 2 aliphatic carbocycles. The number of fused-ring (bicyclic) bond motifs is 4. The number of rotatable bonds is 13. The molecule has 0 spiro atoms. The molecule has 4 aromatic rings. The Hall–Kier alpha value is -6.41. The second-order valence-electron chi connectivity index (χ2n) is 20.5. The van der Waals surface area contributed by atoms with Gasteiger partial charge in [0.1, 0.15) is 11.6 Å². The summed E-state index contributed by atoms with van der Waals surface area (Å²) in [6.07, 6.45) is 6.32. The highest BCUT2D eigenvalue weighted by Gasteiger charge is 2.52. The fraction of sp³-hybridized carbons (Fsp3) is 0.463. The van der Waals surface area contributed by atoms with Gasteiger partial charge in [-0.15, -0.1) is 0 Å². The van der Waals surface area contributed by atoms with Gasteiger partial charge in [-0.2, -0.15) is 0 Å². The van der Waals surface area contributed by atoms with Gasteiger partial charge in [0.2, 0.25) is 19.5 Å². The highest BCUT2D eigenvalue weighted by molar-refractivity contribution is 5.95. The number of esters is 2. The Morgan fingerprint density at radius 3 is 1.43 bits per heavy atom. The summed E-state index contributed by atoms with van der Waals surface area (Å²) in [4.78, 5) is 57.6. The smallest absolute Gasteiger partial charge is 0.310 e. The molecule has 2 saturated carbocycles. The molecule has 0 aromatic heterocycles. The Bertz CT molecular complexity index is 2620. The van der Waals surface area contributed by atoms with Gasteiger partial charge in [0.25, 0.3) is 0 Å². The van der Waals surface area contributed by atoms with E-state index in [1.165, 1.54) is 30.7 Å². The molecular formula is C54H64N4O10. The van der Waals surface area contributed by atoms with E-state index in [9.17, 15) is 24.0 Å². The van der Waals surface area contributed by atoms with Crippen molar-refractivity contribution in [3.63, 3.8) is 0 Å². The first-order valence-corrected chi connectivity index (χ1v) is 23.6. The Labute approximate surface area is 398 Å². The first kappa shape index (κ1) is 48.1. The van der Waals surface area contributed by atoms with Gasteiger partial charge in [-0.1, -0.05) is 64.1 Å². The number of hydrogen-bond donors (Lipinski definition) is 4. The van der Waals surface area contributed by atoms with Crippen LogP contribution in [-0.4, -0.2) is 68.2 Å². The lowest BCUT2D eigenvalue weighted by Gasteiger charge is -2.32. The summed E-state index contributed by atoms with van der Waals surface area (Å²) in [6, 6.07) is 25.1. The van der Waals surface area contributed by atoms with Crippen LogP contribution in [0.15, 0.2) is 72.8 Å². The van der Waals surface area contributed by atoms with Crippen molar-refractivity contribution < 1.29 is 47.7 Å². The maximum Gasteiger partial charge on any atom is 0.310 e. The highest BCUT2D eigenvalue weighted by atomic mass is 16.7. The minimum Gasteiger partial charge on any atom is -0.454 e. The number of Topliss-reactive ketones (excluding diaryl/α,β-unsaturated/α-hetero) is 2. The van der Waals surface area contributed by atoms with Crippen molar-refractivity contribution in [2.24, 2.45) is 16.6 Å². The molecule has 1 amide bonds.